The summed E-state index contributed by atoms with van der Waals surface area (Å²) in [6, 6.07) is 7.68. The molecule has 10 nitrogen and oxygen atoms in total. The highest BCUT2D eigenvalue weighted by Crippen LogP contribution is 2.24. The van der Waals surface area contributed by atoms with E-state index in [1.807, 2.05) is 0 Å². The van der Waals surface area contributed by atoms with Gasteiger partial charge in [-0.2, -0.15) is 5.10 Å². The van der Waals surface area contributed by atoms with Crippen molar-refractivity contribution in [3.8, 4) is 5.69 Å². The molecule has 3 aromatic heterocycles. The fourth-order valence-corrected chi connectivity index (χ4v) is 4.22. The summed E-state index contributed by atoms with van der Waals surface area (Å²) in [4.78, 5) is 21.3. The third-order valence-electron chi connectivity index (χ3n) is 5.38. The number of carbonyl (C=O) groups is 1. The Bertz CT molecular complexity index is 1470. The predicted molar refractivity (Wildman–Crippen MR) is 124 cm³/mol. The molecule has 182 valence electrons. The molecular formula is C23H22FN5O5S. The maximum atomic E-state index is 13.3. The molecule has 12 heteroatoms. The van der Waals surface area contributed by atoms with Crippen LogP contribution in [0.25, 0.3) is 16.6 Å². The number of hydrogen-bond acceptors (Lipinski definition) is 8. The monoisotopic (exact) mass is 499 g/mol. The zero-order valence-corrected chi connectivity index (χ0v) is 19.4. The minimum Gasteiger partial charge on any atom is -0.394 e. The van der Waals surface area contributed by atoms with Crippen molar-refractivity contribution >= 4 is 26.6 Å². The number of halogens is 1. The molecule has 2 atom stereocenters. The Morgan fingerprint density at radius 2 is 1.91 bits per heavy atom. The van der Waals surface area contributed by atoms with Gasteiger partial charge in [-0.05, 0) is 48.4 Å². The summed E-state index contributed by atoms with van der Waals surface area (Å²) in [5.41, 5.74) is 1.68. The smallest absolute Gasteiger partial charge is 0.254 e. The third-order valence-corrected chi connectivity index (χ3v) is 6.36. The number of pyridine rings is 2. The quantitative estimate of drug-likeness (QED) is 0.331. The van der Waals surface area contributed by atoms with Gasteiger partial charge in [-0.1, -0.05) is 0 Å². The molecule has 0 saturated heterocycles. The minimum absolute atomic E-state index is 0.0757. The zero-order chi connectivity index (χ0) is 25.2. The van der Waals surface area contributed by atoms with Gasteiger partial charge in [-0.3, -0.25) is 9.78 Å². The first-order chi connectivity index (χ1) is 16.7. The number of aromatic nitrogens is 4. The van der Waals surface area contributed by atoms with E-state index >= 15 is 0 Å². The highest BCUT2D eigenvalue weighted by Gasteiger charge is 2.23. The number of nitrogens with zero attached hydrogens (tertiary/aromatic N) is 4. The Morgan fingerprint density at radius 3 is 2.60 bits per heavy atom. The Kier molecular flexibility index (Phi) is 6.87. The summed E-state index contributed by atoms with van der Waals surface area (Å²) < 4.78 is 38.7. The van der Waals surface area contributed by atoms with Gasteiger partial charge in [-0.25, -0.2) is 22.5 Å². The Hall–Kier alpha value is -3.74. The number of amides is 1. The summed E-state index contributed by atoms with van der Waals surface area (Å²) in [5, 5.41) is 26.7. The molecule has 0 bridgehead atoms. The van der Waals surface area contributed by atoms with Crippen LogP contribution in [0.1, 0.15) is 28.4 Å². The van der Waals surface area contributed by atoms with Crippen molar-refractivity contribution in [1.29, 1.82) is 0 Å². The summed E-state index contributed by atoms with van der Waals surface area (Å²) in [6.07, 6.45) is 5.45. The van der Waals surface area contributed by atoms with E-state index in [-0.39, 0.29) is 17.0 Å². The molecule has 1 aromatic carbocycles. The van der Waals surface area contributed by atoms with Crippen LogP contribution in [0.5, 0.6) is 0 Å². The van der Waals surface area contributed by atoms with Crippen molar-refractivity contribution in [2.24, 2.45) is 0 Å². The number of rotatable bonds is 8. The molecule has 0 saturated carbocycles. The molecule has 0 spiro atoms. The molecule has 0 unspecified atom stereocenters. The second-order valence-electron chi connectivity index (χ2n) is 7.95. The van der Waals surface area contributed by atoms with E-state index in [0.717, 1.165) is 6.26 Å². The van der Waals surface area contributed by atoms with Gasteiger partial charge in [0.2, 0.25) is 0 Å². The number of carbonyl (C=O) groups excluding carboxylic acids is 1. The van der Waals surface area contributed by atoms with Crippen LogP contribution < -0.4 is 5.32 Å². The molecule has 0 radical (unpaired) electrons. The van der Waals surface area contributed by atoms with Crippen LogP contribution in [0, 0.1) is 5.82 Å². The van der Waals surface area contributed by atoms with Gasteiger partial charge < -0.3 is 15.5 Å². The molecule has 1 amide bonds. The SMILES string of the molecule is CS(=O)(=O)c1cc([C@H](C[C@H](O)CO)NC(=O)c2cncc3c2cnn3-c2ccc(F)cc2)ccn1. The second kappa shape index (κ2) is 9.86. The molecule has 4 aromatic rings. The van der Waals surface area contributed by atoms with E-state index in [4.69, 9.17) is 0 Å². The second-order valence-corrected chi connectivity index (χ2v) is 9.91. The third kappa shape index (κ3) is 5.34. The number of nitrogens with one attached hydrogen (secondary N) is 1. The molecule has 0 aliphatic carbocycles. The van der Waals surface area contributed by atoms with Crippen molar-refractivity contribution in [3.63, 3.8) is 0 Å². The lowest BCUT2D eigenvalue weighted by Gasteiger charge is -2.22. The van der Waals surface area contributed by atoms with Crippen LogP contribution >= 0.6 is 0 Å². The van der Waals surface area contributed by atoms with Gasteiger partial charge in [0.25, 0.3) is 5.91 Å². The van der Waals surface area contributed by atoms with Gasteiger partial charge in [0.05, 0.1) is 47.9 Å². The number of fused-ring (bicyclic) bond motifs is 1. The molecule has 0 aliphatic heterocycles. The maximum absolute atomic E-state index is 13.3. The predicted octanol–water partition coefficient (Wildman–Crippen LogP) is 1.57. The number of aliphatic hydroxyl groups excluding tert-OH is 2. The van der Waals surface area contributed by atoms with E-state index in [0.29, 0.717) is 22.2 Å². The molecule has 3 N–H and O–H groups in total. The van der Waals surface area contributed by atoms with Crippen LogP contribution in [0.2, 0.25) is 0 Å². The fourth-order valence-electron chi connectivity index (χ4n) is 3.62. The van der Waals surface area contributed by atoms with Gasteiger partial charge in [0, 0.05) is 24.0 Å². The lowest BCUT2D eigenvalue weighted by atomic mass is 10.0. The van der Waals surface area contributed by atoms with Gasteiger partial charge in [0.15, 0.2) is 14.9 Å². The first-order valence-corrected chi connectivity index (χ1v) is 12.4. The highest BCUT2D eigenvalue weighted by molar-refractivity contribution is 7.90. The van der Waals surface area contributed by atoms with Gasteiger partial charge in [0.1, 0.15) is 5.82 Å². The van der Waals surface area contributed by atoms with E-state index < -0.39 is 40.3 Å². The van der Waals surface area contributed by atoms with E-state index in [2.05, 4.69) is 20.4 Å². The van der Waals surface area contributed by atoms with Crippen molar-refractivity contribution in [2.75, 3.05) is 12.9 Å². The maximum Gasteiger partial charge on any atom is 0.254 e. The van der Waals surface area contributed by atoms with Crippen LogP contribution in [0.15, 0.2) is 66.2 Å². The molecule has 0 aliphatic rings. The molecule has 35 heavy (non-hydrogen) atoms. The summed E-state index contributed by atoms with van der Waals surface area (Å²) in [6.45, 7) is -0.544. The average molecular weight is 500 g/mol. The van der Waals surface area contributed by atoms with Crippen molar-refractivity contribution in [2.45, 2.75) is 23.6 Å². The largest absolute Gasteiger partial charge is 0.394 e. The van der Waals surface area contributed by atoms with Crippen molar-refractivity contribution in [1.82, 2.24) is 25.1 Å². The van der Waals surface area contributed by atoms with E-state index in [1.165, 1.54) is 53.7 Å². The van der Waals surface area contributed by atoms with Crippen LogP contribution in [-0.4, -0.2) is 63.3 Å². The molecule has 0 fully saturated rings. The molecule has 3 heterocycles. The average Bonchev–Trinajstić information content (AvgIpc) is 3.27. The zero-order valence-electron chi connectivity index (χ0n) is 18.5. The summed E-state index contributed by atoms with van der Waals surface area (Å²) in [7, 11) is -3.61. The highest BCUT2D eigenvalue weighted by atomic mass is 32.2. The molecule has 4 rings (SSSR count). The van der Waals surface area contributed by atoms with E-state index in [1.54, 1.807) is 12.1 Å². The van der Waals surface area contributed by atoms with Crippen LogP contribution in [-0.2, 0) is 9.84 Å². The van der Waals surface area contributed by atoms with Crippen LogP contribution in [0.4, 0.5) is 4.39 Å². The Labute approximate surface area is 200 Å². The van der Waals surface area contributed by atoms with Gasteiger partial charge >= 0.3 is 0 Å². The van der Waals surface area contributed by atoms with E-state index in [9.17, 15) is 27.8 Å². The standard InChI is InChI=1S/C23H22FN5O5S/c1-35(33,34)22-8-14(6-7-26-22)20(9-17(31)13-30)28-23(32)19-10-25-12-21-18(19)11-27-29(21)16-4-2-15(24)3-5-16/h2-8,10-12,17,20,30-31H,9,13H2,1H3,(H,28,32)/t17-,20-/m0/s1. The normalized spacial score (nSPS) is 13.5. The molecular weight excluding hydrogens is 477 g/mol. The number of benzene rings is 1. The Balaban J connectivity index is 1.69. The van der Waals surface area contributed by atoms with Crippen molar-refractivity contribution in [3.05, 3.63) is 78.1 Å². The Morgan fingerprint density at radius 1 is 1.17 bits per heavy atom. The minimum atomic E-state index is -3.61. The van der Waals surface area contributed by atoms with Gasteiger partial charge in [-0.15, -0.1) is 0 Å². The number of hydrogen-bond donors (Lipinski definition) is 3. The first-order valence-electron chi connectivity index (χ1n) is 10.5. The fraction of sp³-hybridized carbons (Fsp3) is 0.217. The van der Waals surface area contributed by atoms with Crippen molar-refractivity contribution < 1.29 is 27.8 Å². The lowest BCUT2D eigenvalue weighted by Crippen LogP contribution is -2.32. The first kappa shape index (κ1) is 24.4. The van der Waals surface area contributed by atoms with Crippen LogP contribution in [0.3, 0.4) is 0 Å². The number of sulfone groups is 1. The summed E-state index contributed by atoms with van der Waals surface area (Å²) in [5.74, 6) is -0.940. The summed E-state index contributed by atoms with van der Waals surface area (Å²) >= 11 is 0. The lowest BCUT2D eigenvalue weighted by molar-refractivity contribution is 0.0740. The number of aliphatic hydroxyl groups is 2. The topological polar surface area (TPSA) is 147 Å².